The molecule has 0 radical (unpaired) electrons. The van der Waals surface area contributed by atoms with E-state index in [1.54, 1.807) is 6.33 Å². The van der Waals surface area contributed by atoms with Gasteiger partial charge in [-0.05, 0) is 37.1 Å². The summed E-state index contributed by atoms with van der Waals surface area (Å²) in [5, 5.41) is 3.47. The standard InChI is InChI=1S/C22H25N5/c1-17-7-6-8-18(2)22(17)25-20-15-21(24-16-23-20)27-13-11-26(12-14-27)19-9-4-3-5-10-19/h3-10,15-16H,11-14H2,1-2H3,(H,23,24,25). The number of rotatable bonds is 4. The molecule has 27 heavy (non-hydrogen) atoms. The summed E-state index contributed by atoms with van der Waals surface area (Å²) < 4.78 is 0. The lowest BCUT2D eigenvalue weighted by molar-refractivity contribution is 0.647. The number of nitrogens with one attached hydrogen (secondary N) is 1. The summed E-state index contributed by atoms with van der Waals surface area (Å²) in [4.78, 5) is 13.7. The van der Waals surface area contributed by atoms with E-state index in [4.69, 9.17) is 0 Å². The van der Waals surface area contributed by atoms with E-state index in [2.05, 4.69) is 87.5 Å². The molecule has 1 aliphatic rings. The Balaban J connectivity index is 1.46. The van der Waals surface area contributed by atoms with E-state index in [0.717, 1.165) is 43.5 Å². The third kappa shape index (κ3) is 3.87. The average molecular weight is 359 g/mol. The predicted octanol–water partition coefficient (Wildman–Crippen LogP) is 4.16. The molecular weight excluding hydrogens is 334 g/mol. The molecule has 1 saturated heterocycles. The van der Waals surface area contributed by atoms with Crippen LogP contribution in [0, 0.1) is 13.8 Å². The second kappa shape index (κ2) is 7.66. The highest BCUT2D eigenvalue weighted by molar-refractivity contribution is 5.66. The maximum atomic E-state index is 4.50. The van der Waals surface area contributed by atoms with Crippen molar-refractivity contribution in [1.29, 1.82) is 0 Å². The van der Waals surface area contributed by atoms with Crippen molar-refractivity contribution in [1.82, 2.24) is 9.97 Å². The molecule has 2 aromatic carbocycles. The van der Waals surface area contributed by atoms with Crippen molar-refractivity contribution in [2.24, 2.45) is 0 Å². The van der Waals surface area contributed by atoms with Crippen molar-refractivity contribution in [2.75, 3.05) is 41.3 Å². The second-order valence-electron chi connectivity index (χ2n) is 6.96. The highest BCUT2D eigenvalue weighted by atomic mass is 15.3. The van der Waals surface area contributed by atoms with Gasteiger partial charge in [0.15, 0.2) is 0 Å². The summed E-state index contributed by atoms with van der Waals surface area (Å²) in [7, 11) is 0. The molecule has 0 atom stereocenters. The van der Waals surface area contributed by atoms with Crippen LogP contribution in [0.2, 0.25) is 0 Å². The Bertz CT molecular complexity index is 881. The Kier molecular flexibility index (Phi) is 4.92. The van der Waals surface area contributed by atoms with Crippen LogP contribution in [-0.4, -0.2) is 36.1 Å². The first kappa shape index (κ1) is 17.3. The lowest BCUT2D eigenvalue weighted by atomic mass is 10.1. The molecule has 0 unspecified atom stereocenters. The van der Waals surface area contributed by atoms with E-state index >= 15 is 0 Å². The minimum Gasteiger partial charge on any atom is -0.368 e. The topological polar surface area (TPSA) is 44.3 Å². The number of para-hydroxylation sites is 2. The molecule has 3 aromatic rings. The van der Waals surface area contributed by atoms with Gasteiger partial charge in [0.25, 0.3) is 0 Å². The summed E-state index contributed by atoms with van der Waals surface area (Å²) in [6.45, 7) is 8.12. The lowest BCUT2D eigenvalue weighted by Crippen LogP contribution is -2.46. The third-order valence-electron chi connectivity index (χ3n) is 5.11. The lowest BCUT2D eigenvalue weighted by Gasteiger charge is -2.36. The Morgan fingerprint density at radius 2 is 1.44 bits per heavy atom. The van der Waals surface area contributed by atoms with Crippen LogP contribution in [0.3, 0.4) is 0 Å². The molecule has 138 valence electrons. The molecular formula is C22H25N5. The smallest absolute Gasteiger partial charge is 0.135 e. The minimum absolute atomic E-state index is 0.836. The fourth-order valence-corrected chi connectivity index (χ4v) is 3.56. The maximum Gasteiger partial charge on any atom is 0.135 e. The van der Waals surface area contributed by atoms with Gasteiger partial charge in [0.2, 0.25) is 0 Å². The van der Waals surface area contributed by atoms with Gasteiger partial charge >= 0.3 is 0 Å². The van der Waals surface area contributed by atoms with Crippen LogP contribution < -0.4 is 15.1 Å². The number of anilines is 4. The highest BCUT2D eigenvalue weighted by Gasteiger charge is 2.18. The van der Waals surface area contributed by atoms with E-state index in [0.29, 0.717) is 0 Å². The van der Waals surface area contributed by atoms with Crippen molar-refractivity contribution in [3.63, 3.8) is 0 Å². The van der Waals surface area contributed by atoms with Crippen LogP contribution in [0.4, 0.5) is 23.0 Å². The summed E-state index contributed by atoms with van der Waals surface area (Å²) in [5.41, 5.74) is 4.84. The summed E-state index contributed by atoms with van der Waals surface area (Å²) in [6.07, 6.45) is 1.65. The van der Waals surface area contributed by atoms with Gasteiger partial charge in [-0.25, -0.2) is 9.97 Å². The first-order valence-electron chi connectivity index (χ1n) is 9.41. The number of aromatic nitrogens is 2. The van der Waals surface area contributed by atoms with E-state index in [1.165, 1.54) is 16.8 Å². The van der Waals surface area contributed by atoms with Gasteiger partial charge in [0.05, 0.1) is 0 Å². The van der Waals surface area contributed by atoms with E-state index in [9.17, 15) is 0 Å². The number of hydrogen-bond donors (Lipinski definition) is 1. The van der Waals surface area contributed by atoms with Crippen LogP contribution in [0.25, 0.3) is 0 Å². The normalized spacial score (nSPS) is 14.3. The van der Waals surface area contributed by atoms with Gasteiger partial charge in [-0.3, -0.25) is 0 Å². The van der Waals surface area contributed by atoms with Gasteiger partial charge < -0.3 is 15.1 Å². The zero-order valence-electron chi connectivity index (χ0n) is 15.9. The summed E-state index contributed by atoms with van der Waals surface area (Å²) in [6, 6.07) is 18.9. The van der Waals surface area contributed by atoms with E-state index in [1.807, 2.05) is 6.07 Å². The highest BCUT2D eigenvalue weighted by Crippen LogP contribution is 2.25. The zero-order valence-corrected chi connectivity index (χ0v) is 15.9. The molecule has 1 N–H and O–H groups in total. The molecule has 0 saturated carbocycles. The van der Waals surface area contributed by atoms with Crippen LogP contribution in [0.1, 0.15) is 11.1 Å². The van der Waals surface area contributed by atoms with Crippen molar-refractivity contribution >= 4 is 23.0 Å². The van der Waals surface area contributed by atoms with Gasteiger partial charge in [0, 0.05) is 43.6 Å². The SMILES string of the molecule is Cc1cccc(C)c1Nc1cc(N2CCN(c3ccccc3)CC2)ncn1. The molecule has 1 fully saturated rings. The molecule has 0 aliphatic carbocycles. The number of aryl methyl sites for hydroxylation is 2. The summed E-state index contributed by atoms with van der Waals surface area (Å²) >= 11 is 0. The maximum absolute atomic E-state index is 4.50. The molecule has 5 nitrogen and oxygen atoms in total. The van der Waals surface area contributed by atoms with Gasteiger partial charge in [-0.1, -0.05) is 36.4 Å². The van der Waals surface area contributed by atoms with Crippen molar-refractivity contribution in [3.05, 3.63) is 72.1 Å². The Hall–Kier alpha value is -3.08. The van der Waals surface area contributed by atoms with Crippen molar-refractivity contribution in [3.8, 4) is 0 Å². The van der Waals surface area contributed by atoms with Gasteiger partial charge in [0.1, 0.15) is 18.0 Å². The van der Waals surface area contributed by atoms with E-state index in [-0.39, 0.29) is 0 Å². The number of nitrogens with zero attached hydrogens (tertiary/aromatic N) is 4. The summed E-state index contributed by atoms with van der Waals surface area (Å²) in [5.74, 6) is 1.81. The minimum atomic E-state index is 0.836. The molecule has 1 aliphatic heterocycles. The first-order chi connectivity index (χ1) is 13.2. The van der Waals surface area contributed by atoms with Gasteiger partial charge in [-0.2, -0.15) is 0 Å². The fraction of sp³-hybridized carbons (Fsp3) is 0.273. The molecule has 0 bridgehead atoms. The molecule has 0 spiro atoms. The van der Waals surface area contributed by atoms with Crippen molar-refractivity contribution < 1.29 is 0 Å². The Morgan fingerprint density at radius 1 is 0.778 bits per heavy atom. The Morgan fingerprint density at radius 3 is 2.15 bits per heavy atom. The van der Waals surface area contributed by atoms with E-state index < -0.39 is 0 Å². The molecule has 0 amide bonds. The molecule has 2 heterocycles. The van der Waals surface area contributed by atoms with Crippen LogP contribution in [-0.2, 0) is 0 Å². The van der Waals surface area contributed by atoms with Gasteiger partial charge in [-0.15, -0.1) is 0 Å². The van der Waals surface area contributed by atoms with Crippen molar-refractivity contribution in [2.45, 2.75) is 13.8 Å². The zero-order chi connectivity index (χ0) is 18.6. The second-order valence-corrected chi connectivity index (χ2v) is 6.96. The quantitative estimate of drug-likeness (QED) is 0.758. The fourth-order valence-electron chi connectivity index (χ4n) is 3.56. The Labute approximate surface area is 160 Å². The average Bonchev–Trinajstić information content (AvgIpc) is 2.72. The first-order valence-corrected chi connectivity index (χ1v) is 9.41. The predicted molar refractivity (Wildman–Crippen MR) is 112 cm³/mol. The monoisotopic (exact) mass is 359 g/mol. The number of hydrogen-bond acceptors (Lipinski definition) is 5. The van der Waals surface area contributed by atoms with Crippen LogP contribution in [0.15, 0.2) is 60.9 Å². The largest absolute Gasteiger partial charge is 0.368 e. The van der Waals surface area contributed by atoms with Crippen LogP contribution in [0.5, 0.6) is 0 Å². The molecule has 1 aromatic heterocycles. The number of benzene rings is 2. The molecule has 4 rings (SSSR count). The van der Waals surface area contributed by atoms with Crippen LogP contribution >= 0.6 is 0 Å². The third-order valence-corrected chi connectivity index (χ3v) is 5.11. The molecule has 5 heteroatoms. The number of piperazine rings is 1.